The van der Waals surface area contributed by atoms with Crippen LogP contribution < -0.4 is 10.1 Å². The highest BCUT2D eigenvalue weighted by Gasteiger charge is 2.20. The summed E-state index contributed by atoms with van der Waals surface area (Å²) >= 11 is 0. The number of rotatable bonds is 8. The summed E-state index contributed by atoms with van der Waals surface area (Å²) in [5.41, 5.74) is 7.78. The lowest BCUT2D eigenvalue weighted by Gasteiger charge is -2.17. The number of fused-ring (bicyclic) bond motifs is 1. The average Bonchev–Trinajstić information content (AvgIpc) is 3.40. The Morgan fingerprint density at radius 3 is 2.57 bits per heavy atom. The third kappa shape index (κ3) is 6.35. The molecule has 1 aromatic carbocycles. The highest BCUT2D eigenvalue weighted by atomic mass is 16.5. The molecule has 4 aromatic heterocycles. The Kier molecular flexibility index (Phi) is 8.10. The summed E-state index contributed by atoms with van der Waals surface area (Å²) in [4.78, 5) is 39.6. The molecule has 0 atom stereocenters. The van der Waals surface area contributed by atoms with Crippen molar-refractivity contribution in [1.29, 1.82) is 0 Å². The van der Waals surface area contributed by atoms with Crippen LogP contribution in [-0.2, 0) is 4.79 Å². The van der Waals surface area contributed by atoms with Crippen LogP contribution in [-0.4, -0.2) is 50.2 Å². The van der Waals surface area contributed by atoms with Gasteiger partial charge >= 0.3 is 0 Å². The molecule has 0 fully saturated rings. The van der Waals surface area contributed by atoms with Gasteiger partial charge in [0.05, 0.1) is 47.6 Å². The Morgan fingerprint density at radius 2 is 1.81 bits per heavy atom. The molecular formula is C33H35N7O2. The Balaban J connectivity index is 1.52. The second-order valence-electron chi connectivity index (χ2n) is 11.3. The zero-order valence-electron chi connectivity index (χ0n) is 24.8. The molecule has 0 spiro atoms. The van der Waals surface area contributed by atoms with Gasteiger partial charge in [-0.3, -0.25) is 19.8 Å². The molecule has 0 saturated carbocycles. The van der Waals surface area contributed by atoms with Crippen LogP contribution in [0, 0.1) is 12.3 Å². The number of benzene rings is 1. The second-order valence-corrected chi connectivity index (χ2v) is 11.3. The van der Waals surface area contributed by atoms with E-state index in [2.05, 4.69) is 20.3 Å². The summed E-state index contributed by atoms with van der Waals surface area (Å²) in [6.45, 7) is 10.6. The van der Waals surface area contributed by atoms with Crippen molar-refractivity contribution in [3.8, 4) is 28.1 Å². The van der Waals surface area contributed by atoms with E-state index < -0.39 is 0 Å². The fraction of sp³-hybridized carbons (Fsp3) is 0.273. The SMILES string of the molecule is CCN=C(c1nc2c(-c3cccc(OC)c3)cncc2[nH]1)c1nc(-c2cncc(NC(=O)CC(C)(C)C)c2)ccc1C. The number of aryl methyl sites for hydroxylation is 1. The maximum atomic E-state index is 12.5. The molecule has 9 nitrogen and oxygen atoms in total. The third-order valence-corrected chi connectivity index (χ3v) is 6.65. The van der Waals surface area contributed by atoms with Crippen molar-refractivity contribution in [2.75, 3.05) is 19.0 Å². The quantitative estimate of drug-likeness (QED) is 0.205. The number of hydrogen-bond donors (Lipinski definition) is 2. The van der Waals surface area contributed by atoms with Crippen LogP contribution in [0.5, 0.6) is 5.75 Å². The van der Waals surface area contributed by atoms with E-state index in [1.807, 2.05) is 83.3 Å². The molecule has 5 rings (SSSR count). The van der Waals surface area contributed by atoms with Gasteiger partial charge in [-0.15, -0.1) is 0 Å². The first kappa shape index (κ1) is 28.6. The maximum absolute atomic E-state index is 12.5. The zero-order valence-corrected chi connectivity index (χ0v) is 24.8. The molecule has 0 radical (unpaired) electrons. The Labute approximate surface area is 245 Å². The lowest BCUT2D eigenvalue weighted by Crippen LogP contribution is -2.19. The monoisotopic (exact) mass is 561 g/mol. The van der Waals surface area contributed by atoms with E-state index in [0.29, 0.717) is 41.6 Å². The number of aliphatic imine (C=N–C) groups is 1. The van der Waals surface area contributed by atoms with E-state index in [4.69, 9.17) is 19.7 Å². The number of amides is 1. The van der Waals surface area contributed by atoms with E-state index in [1.165, 1.54) is 0 Å². The number of pyridine rings is 3. The normalized spacial score (nSPS) is 12.0. The van der Waals surface area contributed by atoms with E-state index in [9.17, 15) is 4.79 Å². The zero-order chi connectivity index (χ0) is 29.9. The van der Waals surface area contributed by atoms with E-state index >= 15 is 0 Å². The van der Waals surface area contributed by atoms with Gasteiger partial charge in [-0.1, -0.05) is 39.0 Å². The van der Waals surface area contributed by atoms with Crippen LogP contribution in [0.3, 0.4) is 0 Å². The number of nitrogens with one attached hydrogen (secondary N) is 2. The van der Waals surface area contributed by atoms with Gasteiger partial charge in [-0.25, -0.2) is 9.97 Å². The molecule has 4 heterocycles. The smallest absolute Gasteiger partial charge is 0.224 e. The number of nitrogens with zero attached hydrogens (tertiary/aromatic N) is 5. The molecule has 0 aliphatic carbocycles. The summed E-state index contributed by atoms with van der Waals surface area (Å²) in [6.07, 6.45) is 7.37. The Morgan fingerprint density at radius 1 is 1.00 bits per heavy atom. The first-order valence-electron chi connectivity index (χ1n) is 13.9. The molecule has 0 saturated heterocycles. The number of carbonyl (C=O) groups excluding carboxylic acids is 1. The molecule has 0 aliphatic rings. The van der Waals surface area contributed by atoms with Crippen LogP contribution in [0.1, 0.15) is 51.2 Å². The van der Waals surface area contributed by atoms with Gasteiger partial charge in [0, 0.05) is 36.5 Å². The fourth-order valence-corrected chi connectivity index (χ4v) is 4.73. The lowest BCUT2D eigenvalue weighted by molar-refractivity contribution is -0.117. The first-order valence-corrected chi connectivity index (χ1v) is 13.9. The topological polar surface area (TPSA) is 118 Å². The average molecular weight is 562 g/mol. The van der Waals surface area contributed by atoms with Crippen LogP contribution in [0.2, 0.25) is 0 Å². The van der Waals surface area contributed by atoms with E-state index in [1.54, 1.807) is 25.7 Å². The molecule has 42 heavy (non-hydrogen) atoms. The van der Waals surface area contributed by atoms with Gasteiger partial charge in [0.15, 0.2) is 5.82 Å². The molecular weight excluding hydrogens is 526 g/mol. The summed E-state index contributed by atoms with van der Waals surface area (Å²) in [5, 5.41) is 2.96. The minimum absolute atomic E-state index is 0.0518. The molecule has 1 amide bonds. The number of anilines is 1. The highest BCUT2D eigenvalue weighted by molar-refractivity contribution is 6.12. The molecule has 9 heteroatoms. The van der Waals surface area contributed by atoms with Gasteiger partial charge in [0.1, 0.15) is 11.5 Å². The number of aromatic nitrogens is 5. The Bertz CT molecular complexity index is 1780. The minimum atomic E-state index is -0.112. The number of imidazole rings is 1. The fourth-order valence-electron chi connectivity index (χ4n) is 4.73. The van der Waals surface area contributed by atoms with Crippen molar-refractivity contribution < 1.29 is 9.53 Å². The van der Waals surface area contributed by atoms with Gasteiger partial charge in [0.2, 0.25) is 5.91 Å². The Hall–Kier alpha value is -4.92. The molecule has 2 N–H and O–H groups in total. The van der Waals surface area contributed by atoms with Gasteiger partial charge in [0.25, 0.3) is 0 Å². The van der Waals surface area contributed by atoms with Crippen molar-refractivity contribution in [2.24, 2.45) is 10.4 Å². The lowest BCUT2D eigenvalue weighted by atomic mass is 9.92. The third-order valence-electron chi connectivity index (χ3n) is 6.65. The van der Waals surface area contributed by atoms with Crippen molar-refractivity contribution in [3.63, 3.8) is 0 Å². The predicted molar refractivity (Wildman–Crippen MR) is 167 cm³/mol. The summed E-state index contributed by atoms with van der Waals surface area (Å²) in [7, 11) is 1.65. The number of aromatic amines is 1. The molecule has 0 aliphatic heterocycles. The largest absolute Gasteiger partial charge is 0.497 e. The van der Waals surface area contributed by atoms with Gasteiger partial charge < -0.3 is 15.0 Å². The van der Waals surface area contributed by atoms with Crippen LogP contribution in [0.25, 0.3) is 33.4 Å². The number of methoxy groups -OCH3 is 1. The van der Waals surface area contributed by atoms with E-state index in [0.717, 1.165) is 39.0 Å². The van der Waals surface area contributed by atoms with Gasteiger partial charge in [-0.2, -0.15) is 0 Å². The van der Waals surface area contributed by atoms with Crippen molar-refractivity contribution in [3.05, 3.63) is 84.3 Å². The minimum Gasteiger partial charge on any atom is -0.497 e. The van der Waals surface area contributed by atoms with Crippen molar-refractivity contribution >= 4 is 28.3 Å². The summed E-state index contributed by atoms with van der Waals surface area (Å²) < 4.78 is 5.43. The molecule has 5 aromatic rings. The number of ether oxygens (including phenoxy) is 1. The molecule has 214 valence electrons. The standard InChI is InChI=1S/C33H35N7O2/c1-7-36-31(32-39-27-19-35-18-25(30(27)40-32)21-9-8-10-24(14-21)42-6)29-20(2)11-12-26(38-29)22-13-23(17-34-16-22)37-28(41)15-33(3,4)5/h8-14,16-19H,7,15H2,1-6H3,(H,37,41)(H,39,40). The maximum Gasteiger partial charge on any atom is 0.224 e. The van der Waals surface area contributed by atoms with Crippen LogP contribution in [0.15, 0.2) is 72.2 Å². The van der Waals surface area contributed by atoms with Crippen LogP contribution in [0.4, 0.5) is 5.69 Å². The van der Waals surface area contributed by atoms with Crippen LogP contribution >= 0.6 is 0 Å². The highest BCUT2D eigenvalue weighted by Crippen LogP contribution is 2.30. The number of carbonyl (C=O) groups is 1. The van der Waals surface area contributed by atoms with E-state index in [-0.39, 0.29) is 11.3 Å². The molecule has 0 unspecified atom stereocenters. The predicted octanol–water partition coefficient (Wildman–Crippen LogP) is 6.63. The second kappa shape index (κ2) is 11.9. The van der Waals surface area contributed by atoms with Crippen molar-refractivity contribution in [2.45, 2.75) is 41.0 Å². The number of hydrogen-bond acceptors (Lipinski definition) is 7. The first-order chi connectivity index (χ1) is 20.1. The number of H-pyrrole nitrogens is 1. The van der Waals surface area contributed by atoms with Crippen molar-refractivity contribution in [1.82, 2.24) is 24.9 Å². The summed E-state index contributed by atoms with van der Waals surface area (Å²) in [5.74, 6) is 1.32. The van der Waals surface area contributed by atoms with Gasteiger partial charge in [-0.05, 0) is 54.7 Å². The summed E-state index contributed by atoms with van der Waals surface area (Å²) in [6, 6.07) is 13.7. The molecule has 0 bridgehead atoms.